The summed E-state index contributed by atoms with van der Waals surface area (Å²) in [5.74, 6) is 3.55. The van der Waals surface area contributed by atoms with Crippen LogP contribution in [-0.2, 0) is 4.74 Å². The Balaban J connectivity index is 2.22. The van der Waals surface area contributed by atoms with Gasteiger partial charge in [-0.2, -0.15) is 0 Å². The van der Waals surface area contributed by atoms with Crippen LogP contribution >= 0.6 is 0 Å². The van der Waals surface area contributed by atoms with Crippen molar-refractivity contribution in [2.45, 2.75) is 6.92 Å². The van der Waals surface area contributed by atoms with Crippen molar-refractivity contribution >= 4 is 11.7 Å². The van der Waals surface area contributed by atoms with Gasteiger partial charge in [0.15, 0.2) is 0 Å². The summed E-state index contributed by atoms with van der Waals surface area (Å²) in [6, 6.07) is 10.5. The summed E-state index contributed by atoms with van der Waals surface area (Å²) in [5, 5.41) is 0. The van der Waals surface area contributed by atoms with Crippen LogP contribution in [0, 0.1) is 12.3 Å². The molecule has 24 heavy (non-hydrogen) atoms. The molecule has 0 bridgehead atoms. The number of anilines is 1. The summed E-state index contributed by atoms with van der Waals surface area (Å²) in [7, 11) is 1.61. The summed E-state index contributed by atoms with van der Waals surface area (Å²) in [6.45, 7) is 3.29. The van der Waals surface area contributed by atoms with Gasteiger partial charge in [0, 0.05) is 31.0 Å². The Labute approximate surface area is 142 Å². The standard InChI is InChI=1S/C19H20N2O3/c1-4-15-9-10-20-18(13-15)21(5-2)19(22)16-7-6-8-17(14-16)24-12-11-23-3/h1,6-10,13-14H,5,11-12H2,2-3H3. The summed E-state index contributed by atoms with van der Waals surface area (Å²) in [6.07, 6.45) is 7.02. The molecule has 0 aliphatic rings. The molecule has 5 nitrogen and oxygen atoms in total. The zero-order valence-electron chi connectivity index (χ0n) is 13.9. The molecule has 1 aromatic carbocycles. The van der Waals surface area contributed by atoms with Crippen LogP contribution in [0.25, 0.3) is 0 Å². The SMILES string of the molecule is C#Cc1ccnc(N(CC)C(=O)c2cccc(OCCOC)c2)c1. The highest BCUT2D eigenvalue weighted by molar-refractivity contribution is 6.05. The number of hydrogen-bond acceptors (Lipinski definition) is 4. The number of pyridine rings is 1. The molecule has 1 aromatic heterocycles. The Bertz CT molecular complexity index is 737. The van der Waals surface area contributed by atoms with Crippen LogP contribution in [-0.4, -0.2) is 37.8 Å². The van der Waals surface area contributed by atoms with Gasteiger partial charge in [-0.05, 0) is 37.3 Å². The lowest BCUT2D eigenvalue weighted by Gasteiger charge is -2.20. The van der Waals surface area contributed by atoms with E-state index in [1.54, 1.807) is 54.6 Å². The van der Waals surface area contributed by atoms with Gasteiger partial charge < -0.3 is 9.47 Å². The third-order valence-corrected chi connectivity index (χ3v) is 3.39. The molecule has 2 rings (SSSR count). The fourth-order valence-electron chi connectivity index (χ4n) is 2.18. The number of carbonyl (C=O) groups excluding carboxylic acids is 1. The number of nitrogens with zero attached hydrogens (tertiary/aromatic N) is 2. The highest BCUT2D eigenvalue weighted by Gasteiger charge is 2.18. The summed E-state index contributed by atoms with van der Waals surface area (Å²) in [4.78, 5) is 18.6. The Kier molecular flexibility index (Phi) is 6.35. The lowest BCUT2D eigenvalue weighted by atomic mass is 10.1. The normalized spacial score (nSPS) is 10.0. The number of aromatic nitrogens is 1. The minimum Gasteiger partial charge on any atom is -0.491 e. The third kappa shape index (κ3) is 4.34. The fourth-order valence-corrected chi connectivity index (χ4v) is 2.18. The molecule has 5 heteroatoms. The van der Waals surface area contributed by atoms with E-state index in [2.05, 4.69) is 10.9 Å². The molecule has 0 unspecified atom stereocenters. The fraction of sp³-hybridized carbons (Fsp3) is 0.263. The van der Waals surface area contributed by atoms with Crippen molar-refractivity contribution in [1.82, 2.24) is 4.98 Å². The molecule has 1 heterocycles. The van der Waals surface area contributed by atoms with Crippen LogP contribution < -0.4 is 9.64 Å². The van der Waals surface area contributed by atoms with E-state index in [-0.39, 0.29) is 5.91 Å². The maximum absolute atomic E-state index is 12.8. The second-order valence-corrected chi connectivity index (χ2v) is 4.97. The van der Waals surface area contributed by atoms with E-state index in [4.69, 9.17) is 15.9 Å². The first kappa shape index (κ1) is 17.5. The molecule has 0 atom stereocenters. The van der Waals surface area contributed by atoms with Crippen LogP contribution in [0.15, 0.2) is 42.6 Å². The molecule has 0 fully saturated rings. The van der Waals surface area contributed by atoms with E-state index in [0.717, 1.165) is 0 Å². The molecule has 124 valence electrons. The molecule has 0 saturated carbocycles. The van der Waals surface area contributed by atoms with Gasteiger partial charge in [0.25, 0.3) is 5.91 Å². The zero-order chi connectivity index (χ0) is 17.4. The topological polar surface area (TPSA) is 51.7 Å². The first-order chi connectivity index (χ1) is 11.7. The van der Waals surface area contributed by atoms with Crippen molar-refractivity contribution in [1.29, 1.82) is 0 Å². The number of rotatable bonds is 7. The second-order valence-electron chi connectivity index (χ2n) is 4.97. The molecule has 0 aliphatic carbocycles. The number of methoxy groups -OCH3 is 1. The van der Waals surface area contributed by atoms with Crippen molar-refractivity contribution in [3.63, 3.8) is 0 Å². The second kappa shape index (κ2) is 8.70. The third-order valence-electron chi connectivity index (χ3n) is 3.39. The quantitative estimate of drug-likeness (QED) is 0.580. The van der Waals surface area contributed by atoms with Gasteiger partial charge in [0.1, 0.15) is 18.2 Å². The molecule has 2 aromatic rings. The van der Waals surface area contributed by atoms with Crippen molar-refractivity contribution in [3.8, 4) is 18.1 Å². The van der Waals surface area contributed by atoms with Crippen molar-refractivity contribution < 1.29 is 14.3 Å². The van der Waals surface area contributed by atoms with Crippen molar-refractivity contribution in [2.75, 3.05) is 31.8 Å². The first-order valence-corrected chi connectivity index (χ1v) is 7.66. The number of ether oxygens (including phenoxy) is 2. The van der Waals surface area contributed by atoms with Gasteiger partial charge in [0.2, 0.25) is 0 Å². The molecule has 0 spiro atoms. The lowest BCUT2D eigenvalue weighted by Crippen LogP contribution is -2.31. The van der Waals surface area contributed by atoms with Crippen LogP contribution in [0.1, 0.15) is 22.8 Å². The smallest absolute Gasteiger partial charge is 0.259 e. The molecular formula is C19H20N2O3. The predicted molar refractivity (Wildman–Crippen MR) is 93.3 cm³/mol. The van der Waals surface area contributed by atoms with Gasteiger partial charge in [-0.1, -0.05) is 12.0 Å². The van der Waals surface area contributed by atoms with Gasteiger partial charge >= 0.3 is 0 Å². The van der Waals surface area contributed by atoms with Crippen LogP contribution in [0.4, 0.5) is 5.82 Å². The molecule has 0 aliphatic heterocycles. The highest BCUT2D eigenvalue weighted by atomic mass is 16.5. The van der Waals surface area contributed by atoms with Gasteiger partial charge in [-0.15, -0.1) is 6.42 Å². The monoisotopic (exact) mass is 324 g/mol. The van der Waals surface area contributed by atoms with Crippen LogP contribution in [0.3, 0.4) is 0 Å². The maximum atomic E-state index is 12.8. The first-order valence-electron chi connectivity index (χ1n) is 7.66. The van der Waals surface area contributed by atoms with E-state index in [9.17, 15) is 4.79 Å². The summed E-state index contributed by atoms with van der Waals surface area (Å²) in [5.41, 5.74) is 1.21. The van der Waals surface area contributed by atoms with E-state index in [1.807, 2.05) is 6.92 Å². The van der Waals surface area contributed by atoms with Crippen molar-refractivity contribution in [2.24, 2.45) is 0 Å². The van der Waals surface area contributed by atoms with Gasteiger partial charge in [-0.25, -0.2) is 4.98 Å². The average Bonchev–Trinajstić information content (AvgIpc) is 2.63. The number of terminal acetylenes is 1. The zero-order valence-corrected chi connectivity index (χ0v) is 13.9. The molecule has 1 amide bonds. The number of hydrogen-bond donors (Lipinski definition) is 0. The van der Waals surface area contributed by atoms with E-state index in [1.165, 1.54) is 0 Å². The maximum Gasteiger partial charge on any atom is 0.259 e. The molecule has 0 N–H and O–H groups in total. The van der Waals surface area contributed by atoms with Crippen LogP contribution in [0.5, 0.6) is 5.75 Å². The Morgan fingerprint density at radius 2 is 2.12 bits per heavy atom. The Morgan fingerprint density at radius 1 is 1.29 bits per heavy atom. The minimum atomic E-state index is -0.156. The van der Waals surface area contributed by atoms with E-state index in [0.29, 0.717) is 42.5 Å². The number of benzene rings is 1. The molecule has 0 saturated heterocycles. The van der Waals surface area contributed by atoms with Crippen LogP contribution in [0.2, 0.25) is 0 Å². The Morgan fingerprint density at radius 3 is 2.83 bits per heavy atom. The number of carbonyl (C=O) groups is 1. The highest BCUT2D eigenvalue weighted by Crippen LogP contribution is 2.19. The van der Waals surface area contributed by atoms with Gasteiger partial charge in [-0.3, -0.25) is 9.69 Å². The summed E-state index contributed by atoms with van der Waals surface area (Å²) >= 11 is 0. The Hall–Kier alpha value is -2.84. The average molecular weight is 324 g/mol. The molecular weight excluding hydrogens is 304 g/mol. The van der Waals surface area contributed by atoms with E-state index >= 15 is 0 Å². The molecule has 0 radical (unpaired) electrons. The summed E-state index contributed by atoms with van der Waals surface area (Å²) < 4.78 is 10.5. The largest absolute Gasteiger partial charge is 0.491 e. The minimum absolute atomic E-state index is 0.156. The van der Waals surface area contributed by atoms with E-state index < -0.39 is 0 Å². The van der Waals surface area contributed by atoms with Gasteiger partial charge in [0.05, 0.1) is 6.61 Å². The lowest BCUT2D eigenvalue weighted by molar-refractivity contribution is 0.0987. The van der Waals surface area contributed by atoms with Crippen molar-refractivity contribution in [3.05, 3.63) is 53.7 Å². The number of amides is 1. The predicted octanol–water partition coefficient (Wildman–Crippen LogP) is 2.75.